The van der Waals surface area contributed by atoms with Crippen LogP contribution in [-0.2, 0) is 71.1 Å². The zero-order valence-electron chi connectivity index (χ0n) is 38.2. The largest absolute Gasteiger partial charge is 0.448 e. The van der Waals surface area contributed by atoms with Crippen LogP contribution in [0.1, 0.15) is 36.3 Å². The fraction of sp³-hybridized carbons (Fsp3) is 0.723. The summed E-state index contributed by atoms with van der Waals surface area (Å²) >= 11 is 0. The molecule has 364 valence electrons. The summed E-state index contributed by atoms with van der Waals surface area (Å²) in [6, 6.07) is 16.6. The van der Waals surface area contributed by atoms with Crippen molar-refractivity contribution in [2.24, 2.45) is 0 Å². The Bertz CT molecular complexity index is 1370. The van der Waals surface area contributed by atoms with E-state index in [0.717, 1.165) is 25.9 Å². The summed E-state index contributed by atoms with van der Waals surface area (Å²) in [5, 5.41) is 0. The topological polar surface area (TPSA) is 159 Å². The van der Waals surface area contributed by atoms with Gasteiger partial charge in [0.1, 0.15) is 6.61 Å². The van der Waals surface area contributed by atoms with Crippen molar-refractivity contribution in [3.63, 3.8) is 0 Å². The van der Waals surface area contributed by atoms with Gasteiger partial charge in [0.15, 0.2) is 6.29 Å². The number of hydrogen-bond acceptors (Lipinski definition) is 16. The Morgan fingerprint density at radius 2 is 0.828 bits per heavy atom. The average molecular weight is 910 g/mol. The number of ether oxygens (including phenoxy) is 15. The first-order valence-corrected chi connectivity index (χ1v) is 23.0. The van der Waals surface area contributed by atoms with Crippen molar-refractivity contribution in [1.29, 1.82) is 0 Å². The maximum Gasteiger partial charge on any atom is 0.409 e. The molecule has 1 aliphatic heterocycles. The lowest BCUT2D eigenvalue weighted by Gasteiger charge is -2.22. The minimum absolute atomic E-state index is 0.0353. The molecule has 2 aliphatic rings. The van der Waals surface area contributed by atoms with E-state index in [9.17, 15) is 4.79 Å². The van der Waals surface area contributed by atoms with Gasteiger partial charge in [-0.25, -0.2) is 4.79 Å². The number of carbonyl (C=O) groups is 1. The first-order valence-electron chi connectivity index (χ1n) is 23.0. The molecule has 1 fully saturated rings. The first-order chi connectivity index (χ1) is 31.7. The second-order valence-electron chi connectivity index (χ2n) is 14.7. The molecule has 0 saturated carbocycles. The van der Waals surface area contributed by atoms with Crippen LogP contribution in [0.3, 0.4) is 0 Å². The van der Waals surface area contributed by atoms with E-state index in [1.807, 2.05) is 24.3 Å². The van der Waals surface area contributed by atoms with E-state index in [2.05, 4.69) is 24.3 Å². The van der Waals surface area contributed by atoms with Crippen molar-refractivity contribution in [1.82, 2.24) is 4.90 Å². The zero-order chi connectivity index (χ0) is 44.8. The molecule has 0 N–H and O–H groups in total. The third kappa shape index (κ3) is 24.6. The van der Waals surface area contributed by atoms with Crippen LogP contribution in [0.2, 0.25) is 0 Å². The molecule has 0 radical (unpaired) electrons. The standard InChI is InChI=1S/C47H75NO16/c1-48(47(49)64-40-45-43-10-4-2-8-41(43)42-9-3-5-11-44(42)45)13-15-50-16-17-51-18-19-52-20-21-53-22-23-54-24-25-55-26-27-56-28-29-57-30-31-58-32-33-59-34-35-60-36-37-61-38-39-63-46-12-6-7-14-62-46/h2-5,8-11,45-46H,6-7,12-40H2,1H3. The molecule has 17 nitrogen and oxygen atoms in total. The molecule has 4 rings (SSSR count). The minimum atomic E-state index is -0.366. The van der Waals surface area contributed by atoms with E-state index in [-0.39, 0.29) is 18.3 Å². The number of carbonyl (C=O) groups excluding carboxylic acids is 1. The normalized spacial score (nSPS) is 14.8. The molecule has 0 aromatic heterocycles. The van der Waals surface area contributed by atoms with Gasteiger partial charge in [0.25, 0.3) is 0 Å². The molecule has 2 aromatic rings. The maximum atomic E-state index is 12.6. The number of benzene rings is 2. The van der Waals surface area contributed by atoms with Gasteiger partial charge in [-0.2, -0.15) is 0 Å². The van der Waals surface area contributed by atoms with Gasteiger partial charge >= 0.3 is 6.09 Å². The molecule has 17 heteroatoms. The highest BCUT2D eigenvalue weighted by Crippen LogP contribution is 2.44. The third-order valence-corrected chi connectivity index (χ3v) is 9.98. The van der Waals surface area contributed by atoms with E-state index in [4.69, 9.17) is 71.1 Å². The number of rotatable bonds is 42. The van der Waals surface area contributed by atoms with Crippen LogP contribution in [0.25, 0.3) is 11.1 Å². The van der Waals surface area contributed by atoms with Gasteiger partial charge in [-0.3, -0.25) is 0 Å². The van der Waals surface area contributed by atoms with Crippen LogP contribution < -0.4 is 0 Å². The Balaban J connectivity index is 0.762. The lowest BCUT2D eigenvalue weighted by Crippen LogP contribution is -2.32. The Morgan fingerprint density at radius 1 is 0.484 bits per heavy atom. The number of amides is 1. The highest BCUT2D eigenvalue weighted by atomic mass is 16.7. The number of likely N-dealkylation sites (N-methyl/N-ethyl adjacent to an activating group) is 1. The van der Waals surface area contributed by atoms with E-state index >= 15 is 0 Å². The molecule has 1 amide bonds. The Hall–Kier alpha value is -2.85. The third-order valence-electron chi connectivity index (χ3n) is 9.98. The van der Waals surface area contributed by atoms with Crippen LogP contribution in [0, 0.1) is 0 Å². The summed E-state index contributed by atoms with van der Waals surface area (Å²) in [7, 11) is 1.71. The number of fused-ring (bicyclic) bond motifs is 3. The van der Waals surface area contributed by atoms with Gasteiger partial charge in [-0.15, -0.1) is 0 Å². The van der Waals surface area contributed by atoms with E-state index in [0.29, 0.717) is 178 Å². The number of hydrogen-bond donors (Lipinski definition) is 0. The van der Waals surface area contributed by atoms with Gasteiger partial charge in [-0.1, -0.05) is 48.5 Å². The SMILES string of the molecule is CN(CCOCCOCCOCCOCCOCCOCCOCCOCCOCCOCCOCCOCCOC1CCCCO1)C(=O)OCC1c2ccccc2-c2ccccc21. The smallest absolute Gasteiger partial charge is 0.409 e. The van der Waals surface area contributed by atoms with Crippen LogP contribution in [-0.4, -0.2) is 209 Å². The van der Waals surface area contributed by atoms with Crippen molar-refractivity contribution in [3.8, 4) is 11.1 Å². The van der Waals surface area contributed by atoms with Crippen molar-refractivity contribution in [3.05, 3.63) is 59.7 Å². The molecular formula is C47H75NO16. The van der Waals surface area contributed by atoms with Gasteiger partial charge in [0.05, 0.1) is 165 Å². The molecule has 1 aliphatic carbocycles. The van der Waals surface area contributed by atoms with E-state index in [1.165, 1.54) is 27.2 Å². The lowest BCUT2D eigenvalue weighted by molar-refractivity contribution is -0.169. The van der Waals surface area contributed by atoms with E-state index < -0.39 is 0 Å². The molecule has 0 spiro atoms. The Kier molecular flexibility index (Phi) is 31.3. The van der Waals surface area contributed by atoms with E-state index in [1.54, 1.807) is 7.05 Å². The van der Waals surface area contributed by atoms with Crippen molar-refractivity contribution in [2.75, 3.05) is 192 Å². The average Bonchev–Trinajstić information content (AvgIpc) is 3.65. The summed E-state index contributed by atoms with van der Waals surface area (Å²) < 4.78 is 83.2. The molecule has 1 atom stereocenters. The van der Waals surface area contributed by atoms with Gasteiger partial charge < -0.3 is 76.0 Å². The quantitative estimate of drug-likeness (QED) is 0.0850. The molecule has 1 saturated heterocycles. The Morgan fingerprint density at radius 3 is 1.19 bits per heavy atom. The van der Waals surface area contributed by atoms with Crippen LogP contribution >= 0.6 is 0 Å². The second kappa shape index (κ2) is 37.3. The number of nitrogens with zero attached hydrogens (tertiary/aromatic N) is 1. The monoisotopic (exact) mass is 910 g/mol. The van der Waals surface area contributed by atoms with Gasteiger partial charge in [0, 0.05) is 26.1 Å². The predicted octanol–water partition coefficient (Wildman–Crippen LogP) is 4.61. The van der Waals surface area contributed by atoms with Crippen molar-refractivity contribution in [2.45, 2.75) is 31.5 Å². The molecule has 64 heavy (non-hydrogen) atoms. The summed E-state index contributed by atoms with van der Waals surface area (Å²) in [6.45, 7) is 13.7. The van der Waals surface area contributed by atoms with Crippen molar-refractivity contribution >= 4 is 6.09 Å². The minimum Gasteiger partial charge on any atom is -0.448 e. The highest BCUT2D eigenvalue weighted by Gasteiger charge is 2.29. The fourth-order valence-corrected chi connectivity index (χ4v) is 6.60. The molecule has 1 heterocycles. The highest BCUT2D eigenvalue weighted by molar-refractivity contribution is 5.79. The van der Waals surface area contributed by atoms with Crippen LogP contribution in [0.4, 0.5) is 4.79 Å². The second-order valence-corrected chi connectivity index (χ2v) is 14.7. The maximum absolute atomic E-state index is 12.6. The van der Waals surface area contributed by atoms with Gasteiger partial charge in [0.2, 0.25) is 0 Å². The van der Waals surface area contributed by atoms with Crippen LogP contribution in [0.5, 0.6) is 0 Å². The Labute approximate surface area is 380 Å². The van der Waals surface area contributed by atoms with Crippen LogP contribution in [0.15, 0.2) is 48.5 Å². The fourth-order valence-electron chi connectivity index (χ4n) is 6.60. The molecule has 2 aromatic carbocycles. The lowest BCUT2D eigenvalue weighted by atomic mass is 9.98. The summed E-state index contributed by atoms with van der Waals surface area (Å²) in [6.07, 6.45) is 2.80. The summed E-state index contributed by atoms with van der Waals surface area (Å²) in [5.74, 6) is 0.0353. The zero-order valence-corrected chi connectivity index (χ0v) is 38.2. The molecule has 0 bridgehead atoms. The van der Waals surface area contributed by atoms with Crippen molar-refractivity contribution < 1.29 is 75.8 Å². The van der Waals surface area contributed by atoms with Gasteiger partial charge in [-0.05, 0) is 41.5 Å². The molecule has 1 unspecified atom stereocenters. The molecular weight excluding hydrogens is 835 g/mol. The summed E-state index contributed by atoms with van der Waals surface area (Å²) in [5.41, 5.74) is 4.79. The summed E-state index contributed by atoms with van der Waals surface area (Å²) in [4.78, 5) is 14.2. The first kappa shape index (κ1) is 53.8. The predicted molar refractivity (Wildman–Crippen MR) is 237 cm³/mol.